The highest BCUT2D eigenvalue weighted by molar-refractivity contribution is 9.09. The normalized spacial score (nSPS) is 13.9. The third-order valence-electron chi connectivity index (χ3n) is 6.45. The van der Waals surface area contributed by atoms with Gasteiger partial charge in [0.25, 0.3) is 0 Å². The molecule has 0 amide bonds. The molecule has 0 spiro atoms. The number of unbranched alkanes of at least 4 members (excludes halogenated alkanes) is 15. The van der Waals surface area contributed by atoms with E-state index in [0.29, 0.717) is 11.9 Å². The highest BCUT2D eigenvalue weighted by atomic mass is 79.9. The van der Waals surface area contributed by atoms with Crippen LogP contribution >= 0.6 is 23.8 Å². The Hall–Kier alpha value is -0.430. The van der Waals surface area contributed by atoms with Gasteiger partial charge in [0.2, 0.25) is 0 Å². The number of rotatable bonds is 26. The first-order chi connectivity index (χ1) is 18.0. The number of aliphatic hydroxyl groups is 1. The third kappa shape index (κ3) is 20.2. The maximum Gasteiger partial charge on any atom is 0.472 e. The molecule has 0 saturated heterocycles. The Balaban J connectivity index is 2.05. The van der Waals surface area contributed by atoms with Crippen LogP contribution in [-0.2, 0) is 20.0 Å². The van der Waals surface area contributed by atoms with Crippen LogP contribution in [0.5, 0.6) is 5.75 Å². The molecule has 1 rings (SSSR count). The lowest BCUT2D eigenvalue weighted by molar-refractivity contribution is 0.0748. The molecular formula is C29H52BrO6P. The van der Waals surface area contributed by atoms with Crippen LogP contribution in [0, 0.1) is 0 Å². The number of halogens is 1. The molecule has 2 unspecified atom stereocenters. The second kappa shape index (κ2) is 23.5. The minimum Gasteiger partial charge on any atom is -0.493 e. The number of alkyl halides is 1. The van der Waals surface area contributed by atoms with Crippen LogP contribution < -0.4 is 4.74 Å². The summed E-state index contributed by atoms with van der Waals surface area (Å²) in [7, 11) is -4.15. The second-order valence-electron chi connectivity index (χ2n) is 9.90. The van der Waals surface area contributed by atoms with Crippen LogP contribution in [0.25, 0.3) is 0 Å². The molecule has 0 heterocycles. The molecule has 2 atom stereocenters. The molecule has 1 aromatic carbocycles. The SMILES string of the molecule is CCCCCCCCCCCCCCCCCCOc1ccccc1CC(O)COP(=O)(O)OCCBr. The van der Waals surface area contributed by atoms with E-state index >= 15 is 0 Å². The van der Waals surface area contributed by atoms with E-state index in [9.17, 15) is 14.6 Å². The molecule has 0 aliphatic rings. The van der Waals surface area contributed by atoms with E-state index in [4.69, 9.17) is 13.8 Å². The Morgan fingerprint density at radius 3 is 1.84 bits per heavy atom. The summed E-state index contributed by atoms with van der Waals surface area (Å²) < 4.78 is 27.3. The van der Waals surface area contributed by atoms with E-state index in [1.807, 2.05) is 24.3 Å². The van der Waals surface area contributed by atoms with Gasteiger partial charge < -0.3 is 14.7 Å². The molecule has 216 valence electrons. The molecule has 8 heteroatoms. The van der Waals surface area contributed by atoms with Gasteiger partial charge in [0, 0.05) is 11.8 Å². The van der Waals surface area contributed by atoms with Crippen LogP contribution in [0.3, 0.4) is 0 Å². The summed E-state index contributed by atoms with van der Waals surface area (Å²) in [6, 6.07) is 7.59. The number of benzene rings is 1. The Morgan fingerprint density at radius 1 is 0.784 bits per heavy atom. The fourth-order valence-electron chi connectivity index (χ4n) is 4.33. The van der Waals surface area contributed by atoms with Crippen LogP contribution in [0.2, 0.25) is 0 Å². The lowest BCUT2D eigenvalue weighted by atomic mass is 10.0. The molecule has 1 aromatic rings. The van der Waals surface area contributed by atoms with Crippen molar-refractivity contribution in [3.63, 3.8) is 0 Å². The van der Waals surface area contributed by atoms with Crippen molar-refractivity contribution < 1.29 is 28.3 Å². The van der Waals surface area contributed by atoms with Crippen LogP contribution in [-0.4, -0.2) is 41.3 Å². The van der Waals surface area contributed by atoms with E-state index in [1.54, 1.807) is 0 Å². The zero-order chi connectivity index (χ0) is 27.0. The lowest BCUT2D eigenvalue weighted by Crippen LogP contribution is -2.18. The lowest BCUT2D eigenvalue weighted by Gasteiger charge is -2.17. The van der Waals surface area contributed by atoms with Crippen molar-refractivity contribution in [2.75, 3.05) is 25.2 Å². The standard InChI is InChI=1S/C29H52BrO6P/c1-2-3-4-5-6-7-8-9-10-11-12-13-14-15-16-19-23-34-29-21-18-17-20-27(29)25-28(31)26-36-37(32,33)35-24-22-30/h17-18,20-21,28,31H,2-16,19,22-26H2,1H3,(H,32,33). The van der Waals surface area contributed by atoms with E-state index < -0.39 is 13.9 Å². The highest BCUT2D eigenvalue weighted by Gasteiger charge is 2.22. The average Bonchev–Trinajstić information content (AvgIpc) is 2.89. The first-order valence-corrected chi connectivity index (χ1v) is 17.2. The number of aliphatic hydroxyl groups excluding tert-OH is 1. The maximum absolute atomic E-state index is 11.7. The Morgan fingerprint density at radius 2 is 1.30 bits per heavy atom. The largest absolute Gasteiger partial charge is 0.493 e. The van der Waals surface area contributed by atoms with E-state index in [-0.39, 0.29) is 19.6 Å². The Bertz CT molecular complexity index is 705. The number of phosphoric acid groups is 1. The summed E-state index contributed by atoms with van der Waals surface area (Å²) in [5.74, 6) is 0.741. The summed E-state index contributed by atoms with van der Waals surface area (Å²) in [6.45, 7) is 2.69. The van der Waals surface area contributed by atoms with Gasteiger partial charge in [-0.15, -0.1) is 0 Å². The molecule has 2 N–H and O–H groups in total. The number of para-hydroxylation sites is 1. The summed E-state index contributed by atoms with van der Waals surface area (Å²) in [4.78, 5) is 9.58. The molecule has 0 aliphatic carbocycles. The first-order valence-electron chi connectivity index (χ1n) is 14.5. The molecule has 0 fully saturated rings. The molecule has 37 heavy (non-hydrogen) atoms. The maximum atomic E-state index is 11.7. The van der Waals surface area contributed by atoms with Gasteiger partial charge in [-0.1, -0.05) is 137 Å². The van der Waals surface area contributed by atoms with Crippen LogP contribution in [0.1, 0.15) is 115 Å². The van der Waals surface area contributed by atoms with Crippen LogP contribution in [0.15, 0.2) is 24.3 Å². The average molecular weight is 608 g/mol. The van der Waals surface area contributed by atoms with Crippen molar-refractivity contribution in [1.82, 2.24) is 0 Å². The Labute approximate surface area is 234 Å². The molecular weight excluding hydrogens is 555 g/mol. The third-order valence-corrected chi connectivity index (χ3v) is 7.75. The molecule has 0 radical (unpaired) electrons. The molecule has 0 aromatic heterocycles. The summed E-state index contributed by atoms with van der Waals surface area (Å²) in [6.07, 6.45) is 20.8. The summed E-state index contributed by atoms with van der Waals surface area (Å²) in [5.41, 5.74) is 0.851. The van der Waals surface area contributed by atoms with Crippen molar-refractivity contribution in [2.24, 2.45) is 0 Å². The van der Waals surface area contributed by atoms with Gasteiger partial charge in [0.05, 0.1) is 25.9 Å². The van der Waals surface area contributed by atoms with E-state index in [0.717, 1.165) is 24.2 Å². The molecule has 0 aliphatic heterocycles. The number of ether oxygens (including phenoxy) is 1. The zero-order valence-electron chi connectivity index (χ0n) is 23.1. The second-order valence-corrected chi connectivity index (χ2v) is 12.2. The van der Waals surface area contributed by atoms with Gasteiger partial charge in [0.1, 0.15) is 5.75 Å². The quantitative estimate of drug-likeness (QED) is 0.0622. The van der Waals surface area contributed by atoms with Crippen LogP contribution in [0.4, 0.5) is 0 Å². The fourth-order valence-corrected chi connectivity index (χ4v) is 5.49. The van der Waals surface area contributed by atoms with Gasteiger partial charge in [-0.25, -0.2) is 4.57 Å². The van der Waals surface area contributed by atoms with Gasteiger partial charge in [-0.2, -0.15) is 0 Å². The van der Waals surface area contributed by atoms with Gasteiger partial charge >= 0.3 is 7.82 Å². The van der Waals surface area contributed by atoms with Crippen molar-refractivity contribution >= 4 is 23.8 Å². The number of phosphoric ester groups is 1. The molecule has 0 bridgehead atoms. The van der Waals surface area contributed by atoms with Crippen molar-refractivity contribution in [1.29, 1.82) is 0 Å². The van der Waals surface area contributed by atoms with Crippen molar-refractivity contribution in [3.8, 4) is 5.75 Å². The first kappa shape index (κ1) is 34.6. The minimum atomic E-state index is -4.15. The zero-order valence-corrected chi connectivity index (χ0v) is 25.6. The predicted octanol–water partition coefficient (Wildman–Crippen LogP) is 8.76. The fraction of sp³-hybridized carbons (Fsp3) is 0.793. The predicted molar refractivity (Wildman–Crippen MR) is 157 cm³/mol. The highest BCUT2D eigenvalue weighted by Crippen LogP contribution is 2.43. The number of hydrogen-bond donors (Lipinski definition) is 2. The smallest absolute Gasteiger partial charge is 0.472 e. The van der Waals surface area contributed by atoms with Gasteiger partial charge in [-0.3, -0.25) is 9.05 Å². The van der Waals surface area contributed by atoms with Crippen molar-refractivity contribution in [3.05, 3.63) is 29.8 Å². The van der Waals surface area contributed by atoms with Crippen molar-refractivity contribution in [2.45, 2.75) is 122 Å². The molecule has 6 nitrogen and oxygen atoms in total. The van der Waals surface area contributed by atoms with Gasteiger partial charge in [-0.05, 0) is 18.1 Å². The van der Waals surface area contributed by atoms with E-state index in [1.165, 1.54) is 89.9 Å². The number of hydrogen-bond acceptors (Lipinski definition) is 5. The monoisotopic (exact) mass is 606 g/mol. The minimum absolute atomic E-state index is 0.0555. The summed E-state index contributed by atoms with van der Waals surface area (Å²) in [5, 5.41) is 10.7. The van der Waals surface area contributed by atoms with Gasteiger partial charge in [0.15, 0.2) is 0 Å². The van der Waals surface area contributed by atoms with E-state index in [2.05, 4.69) is 22.9 Å². The topological polar surface area (TPSA) is 85.2 Å². The Kier molecular flexibility index (Phi) is 21.9. The summed E-state index contributed by atoms with van der Waals surface area (Å²) >= 11 is 3.12. The molecule has 0 saturated carbocycles.